The largest absolute Gasteiger partial charge is 0.421 e. The van der Waals surface area contributed by atoms with E-state index in [2.05, 4.69) is 4.98 Å². The number of nitrogens with zero attached hydrogens (tertiary/aromatic N) is 2. The number of rotatable bonds is 3. The highest BCUT2D eigenvalue weighted by Crippen LogP contribution is 2.26. The second kappa shape index (κ2) is 5.16. The van der Waals surface area contributed by atoms with Gasteiger partial charge in [0.2, 0.25) is 0 Å². The van der Waals surface area contributed by atoms with Crippen LogP contribution >= 0.6 is 11.3 Å². The van der Waals surface area contributed by atoms with E-state index < -0.39 is 17.3 Å². The summed E-state index contributed by atoms with van der Waals surface area (Å²) in [7, 11) is 0. The highest BCUT2D eigenvalue weighted by Gasteiger charge is 2.34. The van der Waals surface area contributed by atoms with Gasteiger partial charge < -0.3 is 4.57 Å². The SMILES string of the molecule is CCc1nc(Cn2cccc(C(F)(F)F)c2=O)cs1. The first-order valence-electron chi connectivity index (χ1n) is 5.61. The zero-order chi connectivity index (χ0) is 14.0. The third-order valence-electron chi connectivity index (χ3n) is 2.56. The fourth-order valence-electron chi connectivity index (χ4n) is 1.64. The van der Waals surface area contributed by atoms with E-state index in [0.717, 1.165) is 22.1 Å². The lowest BCUT2D eigenvalue weighted by atomic mass is 10.2. The molecule has 0 spiro atoms. The van der Waals surface area contributed by atoms with Crippen LogP contribution in [-0.2, 0) is 19.1 Å². The normalized spacial score (nSPS) is 11.8. The van der Waals surface area contributed by atoms with Gasteiger partial charge in [-0.05, 0) is 18.6 Å². The van der Waals surface area contributed by atoms with Crippen LogP contribution in [-0.4, -0.2) is 9.55 Å². The van der Waals surface area contributed by atoms with E-state index in [4.69, 9.17) is 0 Å². The van der Waals surface area contributed by atoms with E-state index in [9.17, 15) is 18.0 Å². The zero-order valence-corrected chi connectivity index (χ0v) is 10.9. The summed E-state index contributed by atoms with van der Waals surface area (Å²) in [5.41, 5.74) is -1.59. The molecule has 2 aromatic heterocycles. The maximum Gasteiger partial charge on any atom is 0.421 e. The Balaban J connectivity index is 2.34. The Morgan fingerprint density at radius 3 is 2.74 bits per heavy atom. The third-order valence-corrected chi connectivity index (χ3v) is 3.60. The number of pyridine rings is 1. The highest BCUT2D eigenvalue weighted by molar-refractivity contribution is 7.09. The molecule has 0 saturated heterocycles. The van der Waals surface area contributed by atoms with Crippen molar-refractivity contribution in [1.29, 1.82) is 0 Å². The first-order valence-corrected chi connectivity index (χ1v) is 6.49. The molecule has 0 radical (unpaired) electrons. The van der Waals surface area contributed by atoms with Gasteiger partial charge in [-0.3, -0.25) is 4.79 Å². The third kappa shape index (κ3) is 3.04. The van der Waals surface area contributed by atoms with Gasteiger partial charge in [0, 0.05) is 11.6 Å². The quantitative estimate of drug-likeness (QED) is 0.870. The topological polar surface area (TPSA) is 34.9 Å². The molecular formula is C12H11F3N2OS. The molecule has 0 atom stereocenters. The average molecular weight is 288 g/mol. The minimum absolute atomic E-state index is 0.0548. The molecule has 0 saturated carbocycles. The van der Waals surface area contributed by atoms with Crippen LogP contribution < -0.4 is 5.56 Å². The summed E-state index contributed by atoms with van der Waals surface area (Å²) in [6, 6.07) is 2.01. The predicted octanol–water partition coefficient (Wildman–Crippen LogP) is 2.93. The number of hydrogen-bond acceptors (Lipinski definition) is 3. The van der Waals surface area contributed by atoms with Crippen LogP contribution in [0.3, 0.4) is 0 Å². The fraction of sp³-hybridized carbons (Fsp3) is 0.333. The van der Waals surface area contributed by atoms with Crippen molar-refractivity contribution in [1.82, 2.24) is 9.55 Å². The van der Waals surface area contributed by atoms with E-state index in [0.29, 0.717) is 5.69 Å². The number of halogens is 3. The monoisotopic (exact) mass is 288 g/mol. The van der Waals surface area contributed by atoms with Gasteiger partial charge in [0.15, 0.2) is 0 Å². The van der Waals surface area contributed by atoms with Crippen molar-refractivity contribution in [3.8, 4) is 0 Å². The molecule has 0 aliphatic rings. The Morgan fingerprint density at radius 2 is 2.16 bits per heavy atom. The van der Waals surface area contributed by atoms with Gasteiger partial charge >= 0.3 is 6.18 Å². The average Bonchev–Trinajstić information content (AvgIpc) is 2.78. The summed E-state index contributed by atoms with van der Waals surface area (Å²) in [4.78, 5) is 15.9. The van der Waals surface area contributed by atoms with Crippen LogP contribution in [0.25, 0.3) is 0 Å². The molecule has 0 fully saturated rings. The Bertz CT molecular complexity index is 630. The summed E-state index contributed by atoms with van der Waals surface area (Å²) in [5.74, 6) is 0. The lowest BCUT2D eigenvalue weighted by molar-refractivity contribution is -0.138. The molecular weight excluding hydrogens is 277 g/mol. The van der Waals surface area contributed by atoms with Crippen LogP contribution in [0.2, 0.25) is 0 Å². The Labute approximate surface area is 111 Å². The summed E-state index contributed by atoms with van der Waals surface area (Å²) in [6.45, 7) is 2.00. The number of thiazole rings is 1. The van der Waals surface area contributed by atoms with Gasteiger partial charge in [-0.2, -0.15) is 13.2 Å². The molecule has 102 valence electrons. The van der Waals surface area contributed by atoms with Crippen LogP contribution in [0.1, 0.15) is 23.2 Å². The minimum atomic E-state index is -4.63. The second-order valence-corrected chi connectivity index (χ2v) is 4.88. The molecule has 2 heterocycles. The number of alkyl halides is 3. The van der Waals surface area contributed by atoms with E-state index in [1.54, 1.807) is 5.38 Å². The summed E-state index contributed by atoms with van der Waals surface area (Å²) < 4.78 is 38.8. The van der Waals surface area contributed by atoms with Crippen molar-refractivity contribution in [2.45, 2.75) is 26.1 Å². The lowest BCUT2D eigenvalue weighted by Gasteiger charge is -2.09. The Morgan fingerprint density at radius 1 is 1.42 bits per heavy atom. The number of aryl methyl sites for hydroxylation is 1. The molecule has 0 unspecified atom stereocenters. The first-order chi connectivity index (χ1) is 8.91. The molecule has 7 heteroatoms. The Hall–Kier alpha value is -1.63. The van der Waals surface area contributed by atoms with E-state index in [1.165, 1.54) is 23.6 Å². The zero-order valence-electron chi connectivity index (χ0n) is 10.1. The van der Waals surface area contributed by atoms with Gasteiger partial charge in [0.1, 0.15) is 5.56 Å². The van der Waals surface area contributed by atoms with Crippen molar-refractivity contribution >= 4 is 11.3 Å². The summed E-state index contributed by atoms with van der Waals surface area (Å²) in [5, 5.41) is 2.65. The van der Waals surface area contributed by atoms with Gasteiger partial charge in [-0.25, -0.2) is 4.98 Å². The standard InChI is InChI=1S/C12H11F3N2OS/c1-2-10-16-8(7-19-10)6-17-5-3-4-9(11(17)18)12(13,14)15/h3-5,7H,2,6H2,1H3. The highest BCUT2D eigenvalue weighted by atomic mass is 32.1. The van der Waals surface area contributed by atoms with Crippen LogP contribution in [0.4, 0.5) is 13.2 Å². The maximum atomic E-state index is 12.6. The molecule has 2 aromatic rings. The molecule has 0 aliphatic heterocycles. The Kier molecular flexibility index (Phi) is 3.75. The smallest absolute Gasteiger partial charge is 0.309 e. The van der Waals surface area contributed by atoms with Crippen LogP contribution in [0, 0.1) is 0 Å². The minimum Gasteiger partial charge on any atom is -0.309 e. The van der Waals surface area contributed by atoms with E-state index in [1.807, 2.05) is 6.92 Å². The molecule has 3 nitrogen and oxygen atoms in total. The van der Waals surface area contributed by atoms with Gasteiger partial charge in [0.25, 0.3) is 5.56 Å². The van der Waals surface area contributed by atoms with Crippen LogP contribution in [0.15, 0.2) is 28.5 Å². The van der Waals surface area contributed by atoms with Crippen molar-refractivity contribution in [2.24, 2.45) is 0 Å². The molecule has 0 aromatic carbocycles. The molecule has 0 bridgehead atoms. The lowest BCUT2D eigenvalue weighted by Crippen LogP contribution is -2.28. The molecule has 0 aliphatic carbocycles. The summed E-state index contributed by atoms with van der Waals surface area (Å²) >= 11 is 1.44. The maximum absolute atomic E-state index is 12.6. The number of aromatic nitrogens is 2. The van der Waals surface area contributed by atoms with Crippen molar-refractivity contribution in [2.75, 3.05) is 0 Å². The van der Waals surface area contributed by atoms with Gasteiger partial charge in [0.05, 0.1) is 17.2 Å². The fourth-order valence-corrected chi connectivity index (χ4v) is 2.37. The van der Waals surface area contributed by atoms with Gasteiger partial charge in [-0.15, -0.1) is 11.3 Å². The molecule has 2 rings (SSSR count). The molecule has 19 heavy (non-hydrogen) atoms. The molecule has 0 N–H and O–H groups in total. The first kappa shape index (κ1) is 13.8. The molecule has 0 amide bonds. The van der Waals surface area contributed by atoms with E-state index >= 15 is 0 Å². The van der Waals surface area contributed by atoms with Crippen molar-refractivity contribution < 1.29 is 13.2 Å². The second-order valence-electron chi connectivity index (χ2n) is 3.94. The van der Waals surface area contributed by atoms with Gasteiger partial charge in [-0.1, -0.05) is 6.92 Å². The summed E-state index contributed by atoms with van der Waals surface area (Å²) in [6.07, 6.45) is -2.53. The number of hydrogen-bond donors (Lipinski definition) is 0. The predicted molar refractivity (Wildman–Crippen MR) is 66.3 cm³/mol. The van der Waals surface area contributed by atoms with Crippen molar-refractivity contribution in [3.05, 3.63) is 50.3 Å². The van der Waals surface area contributed by atoms with Crippen LogP contribution in [0.5, 0.6) is 0 Å². The van der Waals surface area contributed by atoms with E-state index in [-0.39, 0.29) is 6.54 Å². The van der Waals surface area contributed by atoms with Crippen molar-refractivity contribution in [3.63, 3.8) is 0 Å².